The van der Waals surface area contributed by atoms with Crippen LogP contribution in [0, 0.1) is 0 Å². The molecule has 0 atom stereocenters. The lowest BCUT2D eigenvalue weighted by molar-refractivity contribution is 0.296. The molecular weight excluding hydrogens is 244 g/mol. The van der Waals surface area contributed by atoms with E-state index in [1.807, 2.05) is 0 Å². The van der Waals surface area contributed by atoms with Gasteiger partial charge in [0.1, 0.15) is 12.9 Å². The van der Waals surface area contributed by atoms with Crippen LogP contribution in [0.1, 0.15) is 24.7 Å². The highest BCUT2D eigenvalue weighted by atomic mass is 32.2. The third-order valence-electron chi connectivity index (χ3n) is 2.64. The standard InChI is InChI=1S/C9H16N4O3S/c1-17(14,15)16-6-9-11-7-13(12-9)8-2-4-10-5-3-8/h7-8,10H,2-6H2,1H3. The van der Waals surface area contributed by atoms with E-state index in [-0.39, 0.29) is 6.61 Å². The summed E-state index contributed by atoms with van der Waals surface area (Å²) < 4.78 is 28.1. The summed E-state index contributed by atoms with van der Waals surface area (Å²) in [6.45, 7) is 1.84. The monoisotopic (exact) mass is 260 g/mol. The van der Waals surface area contributed by atoms with Gasteiger partial charge in [-0.2, -0.15) is 13.5 Å². The first-order chi connectivity index (χ1) is 8.04. The number of rotatable bonds is 4. The van der Waals surface area contributed by atoms with Crippen molar-refractivity contribution >= 4 is 10.1 Å². The van der Waals surface area contributed by atoms with E-state index in [4.69, 9.17) is 0 Å². The van der Waals surface area contributed by atoms with Gasteiger partial charge < -0.3 is 5.32 Å². The van der Waals surface area contributed by atoms with Gasteiger partial charge in [-0.15, -0.1) is 0 Å². The summed E-state index contributed by atoms with van der Waals surface area (Å²) in [5, 5.41) is 7.50. The van der Waals surface area contributed by atoms with Crippen LogP contribution in [0.2, 0.25) is 0 Å². The SMILES string of the molecule is CS(=O)(=O)OCc1ncn(C2CCNCC2)n1. The molecule has 0 radical (unpaired) electrons. The molecule has 96 valence electrons. The molecule has 0 amide bonds. The number of hydrogen-bond acceptors (Lipinski definition) is 6. The van der Waals surface area contributed by atoms with Crippen LogP contribution in [-0.4, -0.2) is 42.5 Å². The molecule has 0 aromatic carbocycles. The van der Waals surface area contributed by atoms with Crippen molar-refractivity contribution < 1.29 is 12.6 Å². The molecule has 17 heavy (non-hydrogen) atoms. The number of nitrogens with zero attached hydrogens (tertiary/aromatic N) is 3. The second kappa shape index (κ2) is 5.11. The van der Waals surface area contributed by atoms with Gasteiger partial charge in [-0.1, -0.05) is 0 Å². The number of aromatic nitrogens is 3. The quantitative estimate of drug-likeness (QED) is 0.747. The molecule has 0 aliphatic carbocycles. The fraction of sp³-hybridized carbons (Fsp3) is 0.778. The lowest BCUT2D eigenvalue weighted by atomic mass is 10.1. The lowest BCUT2D eigenvalue weighted by Crippen LogP contribution is -2.29. The highest BCUT2D eigenvalue weighted by Gasteiger charge is 2.16. The van der Waals surface area contributed by atoms with Gasteiger partial charge in [-0.25, -0.2) is 9.67 Å². The Bertz CT molecular complexity index is 464. The van der Waals surface area contributed by atoms with Crippen molar-refractivity contribution in [2.75, 3.05) is 19.3 Å². The van der Waals surface area contributed by atoms with Crippen molar-refractivity contribution in [1.29, 1.82) is 0 Å². The molecule has 7 nitrogen and oxygen atoms in total. The Labute approximate surface area is 100 Å². The Morgan fingerprint density at radius 2 is 2.24 bits per heavy atom. The first-order valence-electron chi connectivity index (χ1n) is 5.50. The van der Waals surface area contributed by atoms with Crippen LogP contribution >= 0.6 is 0 Å². The summed E-state index contributed by atoms with van der Waals surface area (Å²) in [4.78, 5) is 4.04. The van der Waals surface area contributed by atoms with E-state index >= 15 is 0 Å². The number of nitrogens with one attached hydrogen (secondary N) is 1. The highest BCUT2D eigenvalue weighted by Crippen LogP contribution is 2.16. The normalized spacial score (nSPS) is 18.4. The third kappa shape index (κ3) is 3.76. The molecule has 0 unspecified atom stereocenters. The molecular formula is C9H16N4O3S. The fourth-order valence-corrected chi connectivity index (χ4v) is 2.10. The largest absolute Gasteiger partial charge is 0.317 e. The molecule has 2 rings (SSSR count). The average molecular weight is 260 g/mol. The molecule has 1 fully saturated rings. The summed E-state index contributed by atoms with van der Waals surface area (Å²) in [5.74, 6) is 0.397. The van der Waals surface area contributed by atoms with Crippen LogP contribution in [-0.2, 0) is 20.9 Å². The molecule has 1 aliphatic rings. The van der Waals surface area contributed by atoms with Crippen molar-refractivity contribution in [2.45, 2.75) is 25.5 Å². The number of hydrogen-bond donors (Lipinski definition) is 1. The lowest BCUT2D eigenvalue weighted by Gasteiger charge is -2.22. The molecule has 0 saturated carbocycles. The van der Waals surface area contributed by atoms with Crippen LogP contribution < -0.4 is 5.32 Å². The van der Waals surface area contributed by atoms with E-state index in [1.54, 1.807) is 11.0 Å². The predicted octanol–water partition coefficient (Wildman–Crippen LogP) is -0.321. The fourth-order valence-electron chi connectivity index (χ4n) is 1.78. The molecule has 0 bridgehead atoms. The maximum atomic E-state index is 10.8. The van der Waals surface area contributed by atoms with Gasteiger partial charge >= 0.3 is 0 Å². The van der Waals surface area contributed by atoms with Crippen molar-refractivity contribution in [3.05, 3.63) is 12.2 Å². The van der Waals surface area contributed by atoms with Gasteiger partial charge in [0.05, 0.1) is 12.3 Å². The second-order valence-corrected chi connectivity index (χ2v) is 5.73. The Kier molecular flexibility index (Phi) is 3.75. The van der Waals surface area contributed by atoms with Gasteiger partial charge in [0.15, 0.2) is 5.82 Å². The Balaban J connectivity index is 1.95. The molecule has 1 aromatic heterocycles. The van der Waals surface area contributed by atoms with Crippen LogP contribution in [0.15, 0.2) is 6.33 Å². The van der Waals surface area contributed by atoms with Crippen LogP contribution in [0.4, 0.5) is 0 Å². The van der Waals surface area contributed by atoms with Gasteiger partial charge in [-0.3, -0.25) is 4.18 Å². The van der Waals surface area contributed by atoms with Crippen molar-refractivity contribution in [2.24, 2.45) is 0 Å². The van der Waals surface area contributed by atoms with Crippen molar-refractivity contribution in [1.82, 2.24) is 20.1 Å². The maximum absolute atomic E-state index is 10.8. The zero-order valence-electron chi connectivity index (χ0n) is 9.66. The Hall–Kier alpha value is -0.990. The molecule has 1 N–H and O–H groups in total. The Morgan fingerprint density at radius 3 is 2.88 bits per heavy atom. The molecule has 0 spiro atoms. The highest BCUT2D eigenvalue weighted by molar-refractivity contribution is 7.85. The second-order valence-electron chi connectivity index (χ2n) is 4.09. The van der Waals surface area contributed by atoms with E-state index in [9.17, 15) is 8.42 Å². The average Bonchev–Trinajstić information content (AvgIpc) is 2.75. The van der Waals surface area contributed by atoms with Crippen molar-refractivity contribution in [3.63, 3.8) is 0 Å². The zero-order valence-corrected chi connectivity index (χ0v) is 10.5. The molecule has 1 aliphatic heterocycles. The van der Waals surface area contributed by atoms with E-state index in [2.05, 4.69) is 19.6 Å². The maximum Gasteiger partial charge on any atom is 0.264 e. The van der Waals surface area contributed by atoms with E-state index in [1.165, 1.54) is 0 Å². The summed E-state index contributed by atoms with van der Waals surface area (Å²) >= 11 is 0. The zero-order chi connectivity index (χ0) is 12.3. The van der Waals surface area contributed by atoms with Gasteiger partial charge in [0.25, 0.3) is 10.1 Å². The first-order valence-corrected chi connectivity index (χ1v) is 7.31. The van der Waals surface area contributed by atoms with Crippen LogP contribution in [0.25, 0.3) is 0 Å². The van der Waals surface area contributed by atoms with Gasteiger partial charge in [0, 0.05) is 0 Å². The molecule has 1 aromatic rings. The summed E-state index contributed by atoms with van der Waals surface area (Å²) in [7, 11) is -3.44. The predicted molar refractivity (Wildman–Crippen MR) is 60.8 cm³/mol. The summed E-state index contributed by atoms with van der Waals surface area (Å²) in [6.07, 6.45) is 4.67. The molecule has 8 heteroatoms. The van der Waals surface area contributed by atoms with Crippen LogP contribution in [0.3, 0.4) is 0 Å². The topological polar surface area (TPSA) is 86.1 Å². The van der Waals surface area contributed by atoms with E-state index in [0.717, 1.165) is 32.2 Å². The minimum Gasteiger partial charge on any atom is -0.317 e. The summed E-state index contributed by atoms with van der Waals surface area (Å²) in [5.41, 5.74) is 0. The van der Waals surface area contributed by atoms with Gasteiger partial charge in [0.2, 0.25) is 0 Å². The first kappa shape index (κ1) is 12.5. The minimum atomic E-state index is -3.44. The summed E-state index contributed by atoms with van der Waals surface area (Å²) in [6, 6.07) is 0.343. The van der Waals surface area contributed by atoms with Gasteiger partial charge in [-0.05, 0) is 25.9 Å². The van der Waals surface area contributed by atoms with E-state index in [0.29, 0.717) is 11.9 Å². The van der Waals surface area contributed by atoms with Crippen molar-refractivity contribution in [3.8, 4) is 0 Å². The Morgan fingerprint density at radius 1 is 1.53 bits per heavy atom. The molecule has 2 heterocycles. The minimum absolute atomic E-state index is 0.100. The van der Waals surface area contributed by atoms with E-state index < -0.39 is 10.1 Å². The third-order valence-corrected chi connectivity index (χ3v) is 3.19. The molecule has 1 saturated heterocycles. The van der Waals surface area contributed by atoms with Crippen LogP contribution in [0.5, 0.6) is 0 Å². The smallest absolute Gasteiger partial charge is 0.264 e. The number of piperidine rings is 1.